The first-order valence-corrected chi connectivity index (χ1v) is 10.5. The van der Waals surface area contributed by atoms with Crippen LogP contribution in [0.25, 0.3) is 11.4 Å². The normalized spacial score (nSPS) is 13.9. The molecule has 0 radical (unpaired) electrons. The highest BCUT2D eigenvalue weighted by Crippen LogP contribution is 2.19. The van der Waals surface area contributed by atoms with Gasteiger partial charge in [0.25, 0.3) is 5.91 Å². The van der Waals surface area contributed by atoms with Crippen LogP contribution in [-0.4, -0.2) is 47.0 Å². The molecule has 1 aromatic heterocycles. The van der Waals surface area contributed by atoms with Crippen LogP contribution >= 0.6 is 0 Å². The molecule has 30 heavy (non-hydrogen) atoms. The highest BCUT2D eigenvalue weighted by Gasteiger charge is 2.11. The minimum atomic E-state index is -0.0311. The fourth-order valence-electron chi connectivity index (χ4n) is 3.62. The van der Waals surface area contributed by atoms with Crippen LogP contribution in [0.1, 0.15) is 29.6 Å². The van der Waals surface area contributed by atoms with Crippen LogP contribution in [0.5, 0.6) is 0 Å². The summed E-state index contributed by atoms with van der Waals surface area (Å²) in [7, 11) is 0. The Labute approximate surface area is 177 Å². The molecule has 2 N–H and O–H groups in total. The molecule has 1 amide bonds. The first-order valence-electron chi connectivity index (χ1n) is 10.5. The lowest BCUT2D eigenvalue weighted by atomic mass is 10.2. The van der Waals surface area contributed by atoms with Gasteiger partial charge in [0.1, 0.15) is 5.82 Å². The molecule has 0 aliphatic carbocycles. The number of rotatable bonds is 8. The molecule has 2 heterocycles. The van der Waals surface area contributed by atoms with Gasteiger partial charge in [-0.25, -0.2) is 9.97 Å². The van der Waals surface area contributed by atoms with Crippen molar-refractivity contribution in [1.82, 2.24) is 20.2 Å². The second-order valence-corrected chi connectivity index (χ2v) is 7.49. The van der Waals surface area contributed by atoms with E-state index in [0.29, 0.717) is 23.8 Å². The largest absolute Gasteiger partial charge is 0.352 e. The minimum Gasteiger partial charge on any atom is -0.352 e. The Morgan fingerprint density at radius 2 is 1.73 bits per heavy atom. The van der Waals surface area contributed by atoms with E-state index in [4.69, 9.17) is 0 Å². The van der Waals surface area contributed by atoms with Crippen LogP contribution in [0.15, 0.2) is 66.9 Å². The summed E-state index contributed by atoms with van der Waals surface area (Å²) in [6.45, 7) is 4.16. The van der Waals surface area contributed by atoms with Crippen LogP contribution in [0.3, 0.4) is 0 Å². The zero-order valence-electron chi connectivity index (χ0n) is 17.1. The summed E-state index contributed by atoms with van der Waals surface area (Å²) < 4.78 is 0. The van der Waals surface area contributed by atoms with E-state index in [-0.39, 0.29) is 5.91 Å². The molecule has 0 atom stereocenters. The summed E-state index contributed by atoms with van der Waals surface area (Å²) in [5.41, 5.74) is 2.51. The lowest BCUT2D eigenvalue weighted by Crippen LogP contribution is -2.28. The summed E-state index contributed by atoms with van der Waals surface area (Å²) in [6, 6.07) is 19.1. The third-order valence-electron chi connectivity index (χ3n) is 5.24. The first-order chi connectivity index (χ1) is 14.8. The molecule has 0 bridgehead atoms. The predicted molar refractivity (Wildman–Crippen MR) is 120 cm³/mol. The number of carbonyl (C=O) groups is 1. The second-order valence-electron chi connectivity index (χ2n) is 7.49. The topological polar surface area (TPSA) is 70.2 Å². The Hall–Kier alpha value is -3.25. The van der Waals surface area contributed by atoms with Crippen LogP contribution in [0, 0.1) is 0 Å². The number of carbonyl (C=O) groups excluding carboxylic acids is 1. The Balaban J connectivity index is 1.29. The van der Waals surface area contributed by atoms with Gasteiger partial charge in [-0.1, -0.05) is 30.3 Å². The predicted octanol–water partition coefficient (Wildman–Crippen LogP) is 4.10. The third kappa shape index (κ3) is 5.42. The maximum absolute atomic E-state index is 12.3. The van der Waals surface area contributed by atoms with Crippen molar-refractivity contribution in [3.8, 4) is 11.4 Å². The van der Waals surface area contributed by atoms with Gasteiger partial charge in [-0.3, -0.25) is 4.79 Å². The molecular formula is C24H27N5O. The number of hydrogen-bond donors (Lipinski definition) is 2. The van der Waals surface area contributed by atoms with Crippen molar-refractivity contribution in [2.24, 2.45) is 0 Å². The van der Waals surface area contributed by atoms with Crippen LogP contribution in [0.2, 0.25) is 0 Å². The lowest BCUT2D eigenvalue weighted by molar-refractivity contribution is 0.0952. The number of anilines is 2. The maximum atomic E-state index is 12.3. The number of likely N-dealkylation sites (tertiary alicyclic amines) is 1. The summed E-state index contributed by atoms with van der Waals surface area (Å²) in [4.78, 5) is 23.7. The molecule has 1 aliphatic heterocycles. The number of benzene rings is 2. The maximum Gasteiger partial charge on any atom is 0.251 e. The van der Waals surface area contributed by atoms with Gasteiger partial charge in [0, 0.05) is 29.6 Å². The smallest absolute Gasteiger partial charge is 0.251 e. The van der Waals surface area contributed by atoms with Gasteiger partial charge in [-0.2, -0.15) is 0 Å². The average Bonchev–Trinajstić information content (AvgIpc) is 3.31. The summed E-state index contributed by atoms with van der Waals surface area (Å²) in [5, 5.41) is 6.29. The van der Waals surface area contributed by atoms with Gasteiger partial charge in [0.15, 0.2) is 5.82 Å². The fraction of sp³-hybridized carbons (Fsp3) is 0.292. The molecule has 4 rings (SSSR count). The summed E-state index contributed by atoms with van der Waals surface area (Å²) >= 11 is 0. The molecule has 1 saturated heterocycles. The monoisotopic (exact) mass is 401 g/mol. The molecule has 1 aliphatic rings. The number of nitrogens with one attached hydrogen (secondary N) is 2. The molecular weight excluding hydrogens is 374 g/mol. The van der Waals surface area contributed by atoms with E-state index in [1.807, 2.05) is 60.7 Å². The molecule has 0 saturated carbocycles. The van der Waals surface area contributed by atoms with Gasteiger partial charge in [0.05, 0.1) is 0 Å². The highest BCUT2D eigenvalue weighted by molar-refractivity contribution is 5.94. The van der Waals surface area contributed by atoms with Crippen molar-refractivity contribution >= 4 is 17.4 Å². The number of aromatic nitrogens is 2. The molecule has 0 unspecified atom stereocenters. The van der Waals surface area contributed by atoms with Crippen molar-refractivity contribution in [2.75, 3.05) is 31.5 Å². The Morgan fingerprint density at radius 3 is 2.50 bits per heavy atom. The van der Waals surface area contributed by atoms with Crippen LogP contribution in [0.4, 0.5) is 11.5 Å². The van der Waals surface area contributed by atoms with E-state index in [0.717, 1.165) is 24.2 Å². The van der Waals surface area contributed by atoms with Gasteiger partial charge in [-0.05, 0) is 69.2 Å². The molecule has 6 heteroatoms. The summed E-state index contributed by atoms with van der Waals surface area (Å²) in [5.74, 6) is 1.35. The Bertz CT molecular complexity index is 953. The SMILES string of the molecule is O=C(NCCCN1CCCC1)c1ccc(Nc2ccnc(-c3ccccc3)n2)cc1. The minimum absolute atomic E-state index is 0.0311. The molecule has 3 aromatic rings. The van der Waals surface area contributed by atoms with E-state index >= 15 is 0 Å². The Kier molecular flexibility index (Phi) is 6.67. The second kappa shape index (κ2) is 9.98. The number of nitrogens with zero attached hydrogens (tertiary/aromatic N) is 3. The lowest BCUT2D eigenvalue weighted by Gasteiger charge is -2.14. The van der Waals surface area contributed by atoms with E-state index < -0.39 is 0 Å². The van der Waals surface area contributed by atoms with Crippen molar-refractivity contribution in [3.63, 3.8) is 0 Å². The highest BCUT2D eigenvalue weighted by atomic mass is 16.1. The van der Waals surface area contributed by atoms with Crippen LogP contribution in [-0.2, 0) is 0 Å². The number of amides is 1. The first kappa shape index (κ1) is 20.0. The third-order valence-corrected chi connectivity index (χ3v) is 5.24. The van der Waals surface area contributed by atoms with Gasteiger partial charge in [-0.15, -0.1) is 0 Å². The van der Waals surface area contributed by atoms with Gasteiger partial charge >= 0.3 is 0 Å². The quantitative estimate of drug-likeness (QED) is 0.556. The van der Waals surface area contributed by atoms with Crippen molar-refractivity contribution < 1.29 is 4.79 Å². The zero-order chi connectivity index (χ0) is 20.6. The van der Waals surface area contributed by atoms with Gasteiger partial charge in [0.2, 0.25) is 0 Å². The van der Waals surface area contributed by atoms with E-state index in [1.54, 1.807) is 6.20 Å². The fourth-order valence-corrected chi connectivity index (χ4v) is 3.62. The molecule has 154 valence electrons. The zero-order valence-corrected chi connectivity index (χ0v) is 17.1. The molecule has 6 nitrogen and oxygen atoms in total. The standard InChI is InChI=1S/C24H27N5O/c30-24(26-14-6-18-29-16-4-5-17-29)20-9-11-21(12-10-20)27-22-13-15-25-23(28-22)19-7-2-1-3-8-19/h1-3,7-13,15H,4-6,14,16-18H2,(H,26,30)(H,25,27,28). The molecule has 1 fully saturated rings. The molecule has 0 spiro atoms. The van der Waals surface area contributed by atoms with Crippen LogP contribution < -0.4 is 10.6 Å². The average molecular weight is 402 g/mol. The van der Waals surface area contributed by atoms with Gasteiger partial charge < -0.3 is 15.5 Å². The van der Waals surface area contributed by atoms with Crippen molar-refractivity contribution in [2.45, 2.75) is 19.3 Å². The van der Waals surface area contributed by atoms with Crippen molar-refractivity contribution in [1.29, 1.82) is 0 Å². The Morgan fingerprint density at radius 1 is 0.967 bits per heavy atom. The summed E-state index contributed by atoms with van der Waals surface area (Å²) in [6.07, 6.45) is 5.33. The molecule has 2 aromatic carbocycles. The van der Waals surface area contributed by atoms with E-state index in [1.165, 1.54) is 25.9 Å². The number of hydrogen-bond acceptors (Lipinski definition) is 5. The van der Waals surface area contributed by atoms with E-state index in [9.17, 15) is 4.79 Å². The van der Waals surface area contributed by atoms with Crippen molar-refractivity contribution in [3.05, 3.63) is 72.4 Å². The van der Waals surface area contributed by atoms with E-state index in [2.05, 4.69) is 25.5 Å².